The number of fused-ring (bicyclic) bond motifs is 4. The van der Waals surface area contributed by atoms with Gasteiger partial charge < -0.3 is 16.5 Å². The van der Waals surface area contributed by atoms with E-state index in [0.717, 1.165) is 27.7 Å². The van der Waals surface area contributed by atoms with E-state index < -0.39 is 90.5 Å². The summed E-state index contributed by atoms with van der Waals surface area (Å²) in [7, 11) is -18.5. The number of halogens is 1. The summed E-state index contributed by atoms with van der Waals surface area (Å²) in [5.74, 6) is -1.36. The average molecular weight is 1200 g/mol. The summed E-state index contributed by atoms with van der Waals surface area (Å²) >= 11 is 6.64. The van der Waals surface area contributed by atoms with Crippen LogP contribution in [0.5, 0.6) is 0 Å². The largest absolute Gasteiger partial charge is 1.00 e. The maximum absolute atomic E-state index is 12.8. The molecule has 26 heteroatoms. The summed E-state index contributed by atoms with van der Waals surface area (Å²) in [5, 5.41) is 3.31. The maximum atomic E-state index is 12.8. The molecule has 20 nitrogen and oxygen atoms in total. The van der Waals surface area contributed by atoms with Crippen LogP contribution < -0.4 is 39.8 Å². The number of hydrogen-bond acceptors (Lipinski definition) is 14. The Labute approximate surface area is 489 Å². The van der Waals surface area contributed by atoms with E-state index in [-0.39, 0.29) is 93.0 Å². The number of aliphatic imine (C=N–C) groups is 1. The van der Waals surface area contributed by atoms with Gasteiger partial charge in [0.05, 0.1) is 33.2 Å². The van der Waals surface area contributed by atoms with Crippen LogP contribution in [0.1, 0.15) is 90.8 Å². The van der Waals surface area contributed by atoms with Crippen LogP contribution in [0.4, 0.5) is 5.69 Å². The van der Waals surface area contributed by atoms with Crippen molar-refractivity contribution in [1.29, 1.82) is 0 Å². The van der Waals surface area contributed by atoms with Crippen molar-refractivity contribution in [1.82, 2.24) is 15.1 Å². The maximum Gasteiger partial charge on any atom is 1.00 e. The Hall–Kier alpha value is -4.83. The molecule has 1 unspecified atom stereocenters. The van der Waals surface area contributed by atoms with Crippen LogP contribution in [0.3, 0.4) is 0 Å². The molecule has 4 aliphatic rings. The van der Waals surface area contributed by atoms with Crippen molar-refractivity contribution in [2.75, 3.05) is 42.6 Å². The van der Waals surface area contributed by atoms with Gasteiger partial charge in [-0.15, -0.1) is 0 Å². The Balaban J connectivity index is 0.00000588. The smallest absolute Gasteiger partial charge is 1.00 e. The van der Waals surface area contributed by atoms with Gasteiger partial charge in [-0.05, 0) is 103 Å². The average Bonchev–Trinajstić information content (AvgIpc) is 3.89. The van der Waals surface area contributed by atoms with E-state index in [1.807, 2.05) is 92.1 Å². The van der Waals surface area contributed by atoms with Gasteiger partial charge in [-0.1, -0.05) is 87.9 Å². The number of nitrogens with one attached hydrogen (secondary N) is 1. The summed E-state index contributed by atoms with van der Waals surface area (Å²) in [6.07, 6.45) is 16.5. The Morgan fingerprint density at radius 1 is 0.797 bits per heavy atom. The number of allylic oxidation sites excluding steroid dienone is 7. The number of rotatable bonds is 24. The van der Waals surface area contributed by atoms with Gasteiger partial charge in [-0.2, -0.15) is 33.7 Å². The van der Waals surface area contributed by atoms with Crippen molar-refractivity contribution < 1.29 is 97.2 Å². The first-order chi connectivity index (χ1) is 36.3. The second-order valence-electron chi connectivity index (χ2n) is 20.6. The van der Waals surface area contributed by atoms with Gasteiger partial charge in [0, 0.05) is 78.4 Å². The van der Waals surface area contributed by atoms with Crippen LogP contribution >= 0.6 is 11.6 Å². The molecule has 3 aromatic carbocycles. The van der Waals surface area contributed by atoms with Crippen LogP contribution in [0.25, 0.3) is 16.3 Å². The standard InChI is InChI=1S/C53H62ClN5O15S4.Na.H/c1-52(2)42-31-38(54)34-57(25-7-9-28-75(63,64)65)51(42)56-45(52)20-16-36(37-14-11-13-35(30-37)12-5-6-15-47(60)55-24-27-59-48(61)22-23-49(59)62)17-21-46-53(3,4)50-41-32-39(77(69,70)71)33-44(78(72,73)74)40(41)18-19-43(50)58(46)26-8-10-29-76(66,67)68;;/h11,13-14,16-23,30-34,46H,5-10,12,15,24-29H2,1-4H3,(H,55,60)(H,63,64,65)(H,66,67,68)(H,69,70,71)(H,72,73,74);;/q;+1;-1. The van der Waals surface area contributed by atoms with Gasteiger partial charge in [-0.25, -0.2) is 4.99 Å². The molecule has 0 bridgehead atoms. The molecule has 4 heterocycles. The van der Waals surface area contributed by atoms with Crippen molar-refractivity contribution in [2.45, 2.75) is 100 Å². The molecular weight excluding hydrogens is 1130 g/mol. The number of amides is 3. The van der Waals surface area contributed by atoms with E-state index >= 15 is 0 Å². The number of amidine groups is 1. The Bertz CT molecular complexity index is 3620. The van der Waals surface area contributed by atoms with E-state index in [0.29, 0.717) is 71.7 Å². The number of imide groups is 1. The van der Waals surface area contributed by atoms with Crippen LogP contribution in [0.15, 0.2) is 128 Å². The molecule has 0 aromatic heterocycles. The molecule has 0 saturated carbocycles. The minimum atomic E-state index is -5.04. The van der Waals surface area contributed by atoms with Gasteiger partial charge in [0.1, 0.15) is 10.7 Å². The fourth-order valence-corrected chi connectivity index (χ4v) is 12.9. The molecule has 0 saturated heterocycles. The number of benzene rings is 3. The topological polar surface area (TPSA) is 303 Å². The van der Waals surface area contributed by atoms with E-state index in [4.69, 9.17) is 16.6 Å². The van der Waals surface area contributed by atoms with Crippen LogP contribution in [-0.4, -0.2) is 129 Å². The van der Waals surface area contributed by atoms with Gasteiger partial charge in [-0.3, -0.25) is 37.5 Å². The quantitative estimate of drug-likeness (QED) is 0.0275. The molecule has 7 rings (SSSR count). The fourth-order valence-electron chi connectivity index (χ4n) is 10.2. The Morgan fingerprint density at radius 2 is 1.46 bits per heavy atom. The van der Waals surface area contributed by atoms with Crippen LogP contribution in [-0.2, 0) is 66.7 Å². The second-order valence-corrected chi connectivity index (χ2v) is 26.9. The third-order valence-corrected chi connectivity index (χ3v) is 17.7. The predicted molar refractivity (Wildman–Crippen MR) is 298 cm³/mol. The molecule has 3 amide bonds. The van der Waals surface area contributed by atoms with Crippen molar-refractivity contribution in [3.63, 3.8) is 0 Å². The van der Waals surface area contributed by atoms with Gasteiger partial charge in [0.15, 0.2) is 0 Å². The molecule has 79 heavy (non-hydrogen) atoms. The first-order valence-electron chi connectivity index (χ1n) is 25.0. The zero-order chi connectivity index (χ0) is 57.2. The number of anilines is 1. The molecule has 5 N–H and O–H groups in total. The fraction of sp³-hybridized carbons (Fsp3) is 0.396. The third-order valence-electron chi connectivity index (χ3n) is 14.2. The molecule has 0 radical (unpaired) electrons. The molecule has 422 valence electrons. The van der Waals surface area contributed by atoms with Gasteiger partial charge in [0.25, 0.3) is 52.3 Å². The number of carbonyl (C=O) groups excluding carboxylic acids is 3. The summed E-state index contributed by atoms with van der Waals surface area (Å²) in [4.78, 5) is 44.9. The first kappa shape index (κ1) is 63.4. The number of hydrogen-bond donors (Lipinski definition) is 5. The zero-order valence-corrected chi connectivity index (χ0v) is 50.3. The minimum Gasteiger partial charge on any atom is -1.00 e. The molecule has 1 atom stereocenters. The summed E-state index contributed by atoms with van der Waals surface area (Å²) in [6.45, 7) is 8.48. The molecule has 0 aliphatic carbocycles. The molecule has 0 fully saturated rings. The van der Waals surface area contributed by atoms with Crippen LogP contribution in [0.2, 0.25) is 0 Å². The summed E-state index contributed by atoms with van der Waals surface area (Å²) in [5.41, 5.74) is 3.23. The molecule has 4 aliphatic heterocycles. The number of nitrogens with zero attached hydrogens (tertiary/aromatic N) is 4. The summed E-state index contributed by atoms with van der Waals surface area (Å²) in [6, 6.07) is 12.1. The van der Waals surface area contributed by atoms with Crippen molar-refractivity contribution in [2.24, 2.45) is 10.4 Å². The van der Waals surface area contributed by atoms with Crippen molar-refractivity contribution >= 4 is 97.7 Å². The Kier molecular flexibility index (Phi) is 20.1. The molecular formula is C53H63ClN5NaO15S4. The molecule has 0 spiro atoms. The normalized spacial score (nSPS) is 18.8. The summed E-state index contributed by atoms with van der Waals surface area (Å²) < 4.78 is 137. The SMILES string of the molecule is CC1(C)C(=CC=C(C=CC2N(CCCCS(=O)(=O)O)c3ccc4c(S(=O)(=O)O)cc(S(=O)(=O)O)cc4c3C2(C)C)c2cccc(CCCCC(=O)NCCN3C(=O)C=CC3=O)c2)N=C2C1=CC(Cl)=CN2CCCCS(=O)(=O)O.[H-].[Na+]. The van der Waals surface area contributed by atoms with Crippen molar-refractivity contribution in [3.8, 4) is 0 Å². The number of unbranched alkanes of at least 4 members (excludes halogenated alkanes) is 3. The number of aryl methyl sites for hydroxylation is 1. The van der Waals surface area contributed by atoms with E-state index in [9.17, 15) is 66.3 Å². The van der Waals surface area contributed by atoms with E-state index in [2.05, 4.69) is 5.32 Å². The first-order valence-corrected chi connectivity index (χ1v) is 31.5. The van der Waals surface area contributed by atoms with Gasteiger partial charge in [0.2, 0.25) is 5.91 Å². The number of carbonyl (C=O) groups is 3. The Morgan fingerprint density at radius 3 is 2.09 bits per heavy atom. The monoisotopic (exact) mass is 1200 g/mol. The van der Waals surface area contributed by atoms with Crippen molar-refractivity contribution in [3.05, 3.63) is 130 Å². The zero-order valence-electron chi connectivity index (χ0n) is 45.3. The third kappa shape index (κ3) is 15.6. The second kappa shape index (κ2) is 25.1. The predicted octanol–water partition coefficient (Wildman–Crippen LogP) is 4.29. The van der Waals surface area contributed by atoms with E-state index in [1.54, 1.807) is 12.3 Å². The molecule has 3 aromatic rings. The van der Waals surface area contributed by atoms with Crippen LogP contribution in [0, 0.1) is 5.41 Å². The van der Waals surface area contributed by atoms with Gasteiger partial charge >= 0.3 is 29.6 Å². The minimum absolute atomic E-state index is 0. The van der Waals surface area contributed by atoms with E-state index in [1.165, 1.54) is 18.2 Å².